The number of imidazole rings is 1. The molecule has 0 amide bonds. The average Bonchev–Trinajstić information content (AvgIpc) is 3.58. The maximum Gasteiger partial charge on any atom is 0.165 e. The van der Waals surface area contributed by atoms with Gasteiger partial charge in [0.05, 0.1) is 18.5 Å². The van der Waals surface area contributed by atoms with Crippen molar-refractivity contribution in [2.45, 2.75) is 37.1 Å². The van der Waals surface area contributed by atoms with Crippen LogP contribution in [-0.2, 0) is 0 Å². The van der Waals surface area contributed by atoms with Crippen molar-refractivity contribution in [3.63, 3.8) is 0 Å². The highest BCUT2D eigenvalue weighted by Crippen LogP contribution is 2.37. The van der Waals surface area contributed by atoms with E-state index in [4.69, 9.17) is 0 Å². The molecule has 0 radical (unpaired) electrons. The lowest BCUT2D eigenvalue weighted by Crippen LogP contribution is -2.30. The summed E-state index contributed by atoms with van der Waals surface area (Å²) in [5.41, 5.74) is 1.22. The van der Waals surface area contributed by atoms with Crippen LogP contribution >= 0.6 is 0 Å². The van der Waals surface area contributed by atoms with Gasteiger partial charge in [-0.1, -0.05) is 24.3 Å². The van der Waals surface area contributed by atoms with Crippen LogP contribution in [0.2, 0.25) is 0 Å². The number of pyridine rings is 1. The molecule has 0 unspecified atom stereocenters. The minimum absolute atomic E-state index is 0.168. The van der Waals surface area contributed by atoms with Gasteiger partial charge in [0, 0.05) is 43.2 Å². The zero-order valence-electron chi connectivity index (χ0n) is 18.6. The van der Waals surface area contributed by atoms with Gasteiger partial charge in [-0.2, -0.15) is 0 Å². The fourth-order valence-electron chi connectivity index (χ4n) is 5.38. The van der Waals surface area contributed by atoms with Gasteiger partial charge in [-0.25, -0.2) is 19.9 Å². The Hall–Kier alpha value is -3.34. The molecule has 1 saturated carbocycles. The summed E-state index contributed by atoms with van der Waals surface area (Å²) in [7, 11) is 0. The third-order valence-electron chi connectivity index (χ3n) is 7.20. The van der Waals surface area contributed by atoms with Crippen LogP contribution in [0.5, 0.6) is 0 Å². The molecule has 34 heavy (non-hydrogen) atoms. The number of aromatic nitrogens is 5. The summed E-state index contributed by atoms with van der Waals surface area (Å²) in [5.74, 6) is 1.27. The zero-order chi connectivity index (χ0) is 23.2. The summed E-state index contributed by atoms with van der Waals surface area (Å²) < 4.78 is 1.78. The quantitative estimate of drug-likeness (QED) is 0.347. The molecule has 1 aliphatic carbocycles. The molecule has 10 nitrogen and oxygen atoms in total. The molecule has 5 atom stereocenters. The summed E-state index contributed by atoms with van der Waals surface area (Å²) in [6.07, 6.45) is 4.40. The third kappa shape index (κ3) is 3.46. The normalized spacial score (nSPS) is 27.1. The molecule has 1 aliphatic heterocycles. The van der Waals surface area contributed by atoms with Crippen LogP contribution in [0.1, 0.15) is 18.9 Å². The van der Waals surface area contributed by atoms with E-state index < -0.39 is 18.2 Å². The van der Waals surface area contributed by atoms with E-state index in [2.05, 4.69) is 42.3 Å². The highest BCUT2D eigenvalue weighted by molar-refractivity contribution is 5.92. The van der Waals surface area contributed by atoms with Crippen molar-refractivity contribution in [2.24, 2.45) is 5.92 Å². The molecule has 1 saturated heterocycles. The van der Waals surface area contributed by atoms with Crippen molar-refractivity contribution >= 4 is 33.6 Å². The van der Waals surface area contributed by atoms with E-state index in [0.717, 1.165) is 30.7 Å². The first-order valence-electron chi connectivity index (χ1n) is 11.6. The number of hydrogen-bond donors (Lipinski definition) is 4. The fourth-order valence-corrected chi connectivity index (χ4v) is 5.38. The minimum Gasteiger partial charge on any atom is -0.396 e. The summed E-state index contributed by atoms with van der Waals surface area (Å²) in [4.78, 5) is 20.3. The van der Waals surface area contributed by atoms with Crippen LogP contribution in [0.15, 0.2) is 49.2 Å². The van der Waals surface area contributed by atoms with Gasteiger partial charge < -0.3 is 30.1 Å². The number of fused-ring (bicyclic) bond motifs is 2. The minimum atomic E-state index is -0.988. The van der Waals surface area contributed by atoms with Gasteiger partial charge in [-0.15, -0.1) is 0 Å². The summed E-state index contributed by atoms with van der Waals surface area (Å²) in [6, 6.07) is 10.1. The Morgan fingerprint density at radius 3 is 2.76 bits per heavy atom. The number of rotatable bonds is 5. The van der Waals surface area contributed by atoms with Crippen molar-refractivity contribution in [1.29, 1.82) is 0 Å². The van der Waals surface area contributed by atoms with E-state index in [1.165, 1.54) is 11.7 Å². The SMILES string of the molecule is OC[C@H]1C[C@@H](n2cnc3c(N[C@H]4CCN(c5nccc6ccccc56)C4)ncnc32)[C@H](O)[C@@H]1O. The maximum atomic E-state index is 10.5. The van der Waals surface area contributed by atoms with Crippen LogP contribution in [0.25, 0.3) is 21.9 Å². The van der Waals surface area contributed by atoms with Crippen molar-refractivity contribution in [2.75, 3.05) is 29.9 Å². The van der Waals surface area contributed by atoms with Crippen LogP contribution in [0.4, 0.5) is 11.6 Å². The number of aliphatic hydroxyl groups is 3. The first-order chi connectivity index (χ1) is 16.6. The highest BCUT2D eigenvalue weighted by atomic mass is 16.3. The van der Waals surface area contributed by atoms with Gasteiger partial charge >= 0.3 is 0 Å². The predicted molar refractivity (Wildman–Crippen MR) is 128 cm³/mol. The number of nitrogens with zero attached hydrogens (tertiary/aromatic N) is 6. The van der Waals surface area contributed by atoms with E-state index in [9.17, 15) is 15.3 Å². The number of aliphatic hydroxyl groups excluding tert-OH is 3. The van der Waals surface area contributed by atoms with E-state index in [0.29, 0.717) is 23.4 Å². The summed E-state index contributed by atoms with van der Waals surface area (Å²) in [6.45, 7) is 1.50. The lowest BCUT2D eigenvalue weighted by molar-refractivity contribution is -0.00370. The number of hydrogen-bond acceptors (Lipinski definition) is 9. The molecule has 4 N–H and O–H groups in total. The summed E-state index contributed by atoms with van der Waals surface area (Å²) in [5, 5.41) is 36.1. The molecule has 3 aromatic heterocycles. The Morgan fingerprint density at radius 2 is 1.91 bits per heavy atom. The molecular weight excluding hydrogens is 434 g/mol. The molecule has 176 valence electrons. The van der Waals surface area contributed by atoms with Crippen molar-refractivity contribution in [3.05, 3.63) is 49.2 Å². The number of benzene rings is 1. The monoisotopic (exact) mass is 461 g/mol. The second-order valence-electron chi connectivity index (χ2n) is 9.20. The Bertz CT molecular complexity index is 1320. The van der Waals surface area contributed by atoms with E-state index in [-0.39, 0.29) is 18.6 Å². The van der Waals surface area contributed by atoms with Crippen molar-refractivity contribution < 1.29 is 15.3 Å². The van der Waals surface area contributed by atoms with Crippen molar-refractivity contribution in [1.82, 2.24) is 24.5 Å². The van der Waals surface area contributed by atoms with Gasteiger partial charge in [0.15, 0.2) is 11.5 Å². The molecule has 1 aromatic carbocycles. The number of anilines is 2. The molecule has 0 bridgehead atoms. The van der Waals surface area contributed by atoms with Crippen LogP contribution in [-0.4, -0.2) is 77.8 Å². The molecule has 0 spiro atoms. The molecule has 4 heterocycles. The second kappa shape index (κ2) is 8.46. The zero-order valence-corrected chi connectivity index (χ0v) is 18.6. The van der Waals surface area contributed by atoms with E-state index >= 15 is 0 Å². The first kappa shape index (κ1) is 21.2. The average molecular weight is 462 g/mol. The van der Waals surface area contributed by atoms with Gasteiger partial charge in [0.25, 0.3) is 0 Å². The molecule has 10 heteroatoms. The van der Waals surface area contributed by atoms with Crippen LogP contribution in [0.3, 0.4) is 0 Å². The van der Waals surface area contributed by atoms with E-state index in [1.54, 1.807) is 10.9 Å². The van der Waals surface area contributed by atoms with Crippen molar-refractivity contribution in [3.8, 4) is 0 Å². The second-order valence-corrected chi connectivity index (χ2v) is 9.20. The maximum absolute atomic E-state index is 10.5. The van der Waals surface area contributed by atoms with Gasteiger partial charge in [-0.05, 0) is 24.3 Å². The third-order valence-corrected chi connectivity index (χ3v) is 7.20. The van der Waals surface area contributed by atoms with Crippen LogP contribution in [0, 0.1) is 5.92 Å². The standard InChI is InChI=1S/C24H27N7O3/c32-11-15-9-18(21(34)20(15)33)31-13-28-19-22(26-12-27-24(19)31)29-16-6-8-30(10-16)23-17-4-2-1-3-14(17)5-7-25-23/h1-5,7,12-13,15-16,18,20-21,32-34H,6,8-11H2,(H,26,27,29)/t15-,16+,18-,20-,21+/m1/s1. The Morgan fingerprint density at radius 1 is 1.03 bits per heavy atom. The molecule has 2 fully saturated rings. The highest BCUT2D eigenvalue weighted by Gasteiger charge is 2.42. The van der Waals surface area contributed by atoms with E-state index in [1.807, 2.05) is 24.4 Å². The van der Waals surface area contributed by atoms with Crippen LogP contribution < -0.4 is 10.2 Å². The number of nitrogens with one attached hydrogen (secondary N) is 1. The lowest BCUT2D eigenvalue weighted by Gasteiger charge is -2.20. The van der Waals surface area contributed by atoms with Gasteiger partial charge in [-0.3, -0.25) is 0 Å². The predicted octanol–water partition coefficient (Wildman–Crippen LogP) is 1.34. The lowest BCUT2D eigenvalue weighted by atomic mass is 10.1. The van der Waals surface area contributed by atoms with Gasteiger partial charge in [0.1, 0.15) is 23.8 Å². The Balaban J connectivity index is 1.23. The van der Waals surface area contributed by atoms with Gasteiger partial charge in [0.2, 0.25) is 0 Å². The molecule has 2 aliphatic rings. The Kier molecular flexibility index (Phi) is 5.28. The largest absolute Gasteiger partial charge is 0.396 e. The molecule has 4 aromatic rings. The molecular formula is C24H27N7O3. The topological polar surface area (TPSA) is 132 Å². The molecule has 6 rings (SSSR count). The fraction of sp³-hybridized carbons (Fsp3) is 0.417. The Labute approximate surface area is 195 Å². The first-order valence-corrected chi connectivity index (χ1v) is 11.6. The summed E-state index contributed by atoms with van der Waals surface area (Å²) >= 11 is 0. The smallest absolute Gasteiger partial charge is 0.165 e.